The summed E-state index contributed by atoms with van der Waals surface area (Å²) in [4.78, 5) is 32.3. The molecule has 21 heavy (non-hydrogen) atoms. The van der Waals surface area contributed by atoms with E-state index in [1.54, 1.807) is 12.1 Å². The first-order valence-electron chi connectivity index (χ1n) is 5.96. The maximum Gasteiger partial charge on any atom is 0.368 e. The van der Waals surface area contributed by atoms with E-state index in [1.807, 2.05) is 13.0 Å². The van der Waals surface area contributed by atoms with Crippen LogP contribution in [0.2, 0.25) is 0 Å². The molecule has 0 fully saturated rings. The predicted molar refractivity (Wildman–Crippen MR) is 77.2 cm³/mol. The molecule has 0 saturated carbocycles. The molecule has 2 atom stereocenters. The minimum absolute atomic E-state index is 0.510. The van der Waals surface area contributed by atoms with E-state index in [4.69, 9.17) is 0 Å². The molecule has 0 radical (unpaired) electrons. The first kappa shape index (κ1) is 16.4. The summed E-state index contributed by atoms with van der Waals surface area (Å²) >= 11 is 0. The van der Waals surface area contributed by atoms with Crippen molar-refractivity contribution in [2.75, 3.05) is 6.66 Å². The van der Waals surface area contributed by atoms with E-state index in [-0.39, 0.29) is 0 Å². The van der Waals surface area contributed by atoms with Crippen molar-refractivity contribution in [2.24, 2.45) is 0 Å². The number of nitrogens with zero attached hydrogens (tertiary/aromatic N) is 2. The fourth-order valence-corrected chi connectivity index (χ4v) is 4.74. The van der Waals surface area contributed by atoms with E-state index in [9.17, 15) is 28.9 Å². The molecule has 2 rings (SSSR count). The van der Waals surface area contributed by atoms with Gasteiger partial charge in [-0.25, -0.2) is 4.98 Å². The Morgan fingerprint density at radius 1 is 1.29 bits per heavy atom. The molecule has 0 spiro atoms. The summed E-state index contributed by atoms with van der Waals surface area (Å²) in [7, 11) is -9.74. The highest BCUT2D eigenvalue weighted by molar-refractivity contribution is 7.74. The van der Waals surface area contributed by atoms with Crippen LogP contribution >= 0.6 is 15.0 Å². The van der Waals surface area contributed by atoms with Gasteiger partial charge in [0.1, 0.15) is 0 Å². The maximum atomic E-state index is 11.8. The number of imidazole rings is 1. The number of fused-ring (bicyclic) bond motifs is 1. The molecule has 116 valence electrons. The summed E-state index contributed by atoms with van der Waals surface area (Å²) in [5, 5.41) is 7.10. The molecule has 0 aliphatic heterocycles. The van der Waals surface area contributed by atoms with E-state index < -0.39 is 26.6 Å². The van der Waals surface area contributed by atoms with Crippen LogP contribution < -0.4 is 0 Å². The van der Waals surface area contributed by atoms with Gasteiger partial charge in [-0.05, 0) is 18.6 Å². The molecular weight excluding hydrogens is 318 g/mol. The van der Waals surface area contributed by atoms with Crippen molar-refractivity contribution in [3.63, 3.8) is 0 Å². The van der Waals surface area contributed by atoms with Crippen LogP contribution in [-0.2, 0) is 15.7 Å². The molecule has 2 aromatic rings. The Morgan fingerprint density at radius 2 is 1.90 bits per heavy atom. The van der Waals surface area contributed by atoms with Gasteiger partial charge in [-0.3, -0.25) is 9.13 Å². The molecule has 8 nitrogen and oxygen atoms in total. The third-order valence-corrected chi connectivity index (χ3v) is 7.81. The molecule has 0 amide bonds. The smallest absolute Gasteiger partial charge is 0.368 e. The van der Waals surface area contributed by atoms with Gasteiger partial charge in [-0.1, -0.05) is 12.1 Å². The van der Waals surface area contributed by atoms with E-state index in [1.165, 1.54) is 10.9 Å². The highest BCUT2D eigenvalue weighted by atomic mass is 31.2. The van der Waals surface area contributed by atoms with Gasteiger partial charge in [0.15, 0.2) is 0 Å². The van der Waals surface area contributed by atoms with Gasteiger partial charge >= 0.3 is 7.60 Å². The highest BCUT2D eigenvalue weighted by Gasteiger charge is 2.57. The van der Waals surface area contributed by atoms with Gasteiger partial charge in [0, 0.05) is 6.66 Å². The third kappa shape index (κ3) is 2.71. The number of hydrogen-bond acceptors (Lipinski definition) is 4. The molecule has 0 bridgehead atoms. The standard InChI is InChI=1S/C11H16N2O6P2/c1-8-4-3-5-9-10(8)12-7-13(9)6-11(14,20(2,15)16)21(17,18)19/h3-5,7,14H,6H2,1-2H3,(H,15,16)(H2,17,18,19). The van der Waals surface area contributed by atoms with Crippen molar-refractivity contribution in [1.29, 1.82) is 0 Å². The highest BCUT2D eigenvalue weighted by Crippen LogP contribution is 2.68. The Bertz CT molecular complexity index is 752. The van der Waals surface area contributed by atoms with E-state index in [0.29, 0.717) is 11.0 Å². The van der Waals surface area contributed by atoms with Crippen LogP contribution in [0.1, 0.15) is 5.56 Å². The zero-order valence-corrected chi connectivity index (χ0v) is 13.2. The maximum absolute atomic E-state index is 11.8. The summed E-state index contributed by atoms with van der Waals surface area (Å²) < 4.78 is 24.6. The van der Waals surface area contributed by atoms with Crippen LogP contribution in [0.15, 0.2) is 24.5 Å². The second-order valence-corrected chi connectivity index (χ2v) is 9.69. The quantitative estimate of drug-likeness (QED) is 0.615. The molecule has 1 aromatic carbocycles. The first-order valence-corrected chi connectivity index (χ1v) is 9.68. The van der Waals surface area contributed by atoms with Crippen molar-refractivity contribution in [3.05, 3.63) is 30.1 Å². The van der Waals surface area contributed by atoms with Crippen molar-refractivity contribution < 1.29 is 28.9 Å². The fourth-order valence-electron chi connectivity index (χ4n) is 2.05. The topological polar surface area (TPSA) is 133 Å². The summed E-state index contributed by atoms with van der Waals surface area (Å²) in [5.74, 6) is 0. The van der Waals surface area contributed by atoms with E-state index >= 15 is 0 Å². The molecule has 4 N–H and O–H groups in total. The van der Waals surface area contributed by atoms with Gasteiger partial charge in [-0.15, -0.1) is 0 Å². The SMILES string of the molecule is Cc1cccc2c1ncn2CC(O)(P(C)(=O)O)P(=O)(O)O. The van der Waals surface area contributed by atoms with Gasteiger partial charge in [0.05, 0.1) is 23.9 Å². The van der Waals surface area contributed by atoms with Crippen LogP contribution in [0.4, 0.5) is 0 Å². The van der Waals surface area contributed by atoms with E-state index in [0.717, 1.165) is 12.2 Å². The number of para-hydroxylation sites is 1. The number of aryl methyl sites for hydroxylation is 1. The van der Waals surface area contributed by atoms with Crippen LogP contribution in [-0.4, -0.2) is 41.1 Å². The predicted octanol–water partition coefficient (Wildman–Crippen LogP) is 1.07. The van der Waals surface area contributed by atoms with Crippen LogP contribution in [0.5, 0.6) is 0 Å². The number of aromatic nitrogens is 2. The van der Waals surface area contributed by atoms with Gasteiger partial charge in [0.25, 0.3) is 5.08 Å². The van der Waals surface area contributed by atoms with Crippen molar-refractivity contribution in [2.45, 2.75) is 18.6 Å². The van der Waals surface area contributed by atoms with E-state index in [2.05, 4.69) is 4.98 Å². The number of aliphatic hydroxyl groups is 1. The number of benzene rings is 1. The summed E-state index contributed by atoms with van der Waals surface area (Å²) in [6.07, 6.45) is 1.27. The van der Waals surface area contributed by atoms with Gasteiger partial charge in [0.2, 0.25) is 7.37 Å². The Kier molecular flexibility index (Phi) is 3.91. The number of rotatable bonds is 4. The van der Waals surface area contributed by atoms with Gasteiger partial charge < -0.3 is 24.4 Å². The minimum Gasteiger partial charge on any atom is -0.368 e. The Morgan fingerprint density at radius 3 is 2.43 bits per heavy atom. The lowest BCUT2D eigenvalue weighted by Crippen LogP contribution is -2.33. The zero-order chi connectivity index (χ0) is 16.1. The third-order valence-electron chi connectivity index (χ3n) is 3.37. The monoisotopic (exact) mass is 334 g/mol. The second-order valence-electron chi connectivity index (χ2n) is 5.01. The number of hydrogen-bond donors (Lipinski definition) is 4. The van der Waals surface area contributed by atoms with Crippen LogP contribution in [0, 0.1) is 6.92 Å². The molecule has 1 heterocycles. The molecular formula is C11H16N2O6P2. The average Bonchev–Trinajstić information content (AvgIpc) is 2.71. The Balaban J connectivity index is 2.58. The minimum atomic E-state index is -5.25. The van der Waals surface area contributed by atoms with Crippen molar-refractivity contribution in [3.8, 4) is 0 Å². The molecule has 0 aliphatic rings. The van der Waals surface area contributed by atoms with Crippen molar-refractivity contribution >= 4 is 26.0 Å². The Hall–Kier alpha value is -1.01. The Labute approximate surface area is 120 Å². The zero-order valence-electron chi connectivity index (χ0n) is 11.4. The lowest BCUT2D eigenvalue weighted by molar-refractivity contribution is 0.134. The van der Waals surface area contributed by atoms with Crippen LogP contribution in [0.3, 0.4) is 0 Å². The molecule has 1 aromatic heterocycles. The normalized spacial score (nSPS) is 18.4. The van der Waals surface area contributed by atoms with Crippen LogP contribution in [0.25, 0.3) is 11.0 Å². The lowest BCUT2D eigenvalue weighted by atomic mass is 10.2. The largest absolute Gasteiger partial charge is 0.368 e. The molecule has 2 unspecified atom stereocenters. The van der Waals surface area contributed by atoms with Crippen molar-refractivity contribution in [1.82, 2.24) is 9.55 Å². The molecule has 0 saturated heterocycles. The van der Waals surface area contributed by atoms with Gasteiger partial charge in [-0.2, -0.15) is 0 Å². The first-order chi connectivity index (χ1) is 9.47. The summed E-state index contributed by atoms with van der Waals surface area (Å²) in [5.41, 5.74) is 1.94. The second kappa shape index (κ2) is 5.02. The lowest BCUT2D eigenvalue weighted by Gasteiger charge is -2.31. The molecule has 10 heteroatoms. The summed E-state index contributed by atoms with van der Waals surface area (Å²) in [6, 6.07) is 5.18. The molecule has 0 aliphatic carbocycles. The summed E-state index contributed by atoms with van der Waals surface area (Å²) in [6.45, 7) is 1.80. The average molecular weight is 334 g/mol. The fraction of sp³-hybridized carbons (Fsp3) is 0.364.